The molecule has 0 spiro atoms. The van der Waals surface area contributed by atoms with Crippen molar-refractivity contribution in [2.24, 2.45) is 0 Å². The number of hydrogen-bond acceptors (Lipinski definition) is 3. The molecule has 6 heteroatoms. The van der Waals surface area contributed by atoms with E-state index in [9.17, 15) is 13.2 Å². The second-order valence-corrected chi connectivity index (χ2v) is 7.17. The standard InChI is InChI=1S/C18H22N2O3S/c1-2-20-24(22,23)17-10-8-15(9-11-17)12-13-19-18(21)14-16-6-4-3-5-7-16/h3-11,20H,2,12-14H2,1H3,(H,19,21). The molecule has 2 N–H and O–H groups in total. The van der Waals surface area contributed by atoms with Crippen LogP contribution in [0.3, 0.4) is 0 Å². The van der Waals surface area contributed by atoms with Crippen LogP contribution in [0.1, 0.15) is 18.1 Å². The molecule has 0 aromatic heterocycles. The van der Waals surface area contributed by atoms with Crippen molar-refractivity contribution in [2.45, 2.75) is 24.7 Å². The average molecular weight is 346 g/mol. The van der Waals surface area contributed by atoms with Crippen LogP contribution >= 0.6 is 0 Å². The number of rotatable bonds is 8. The first-order chi connectivity index (χ1) is 11.5. The fourth-order valence-electron chi connectivity index (χ4n) is 2.30. The summed E-state index contributed by atoms with van der Waals surface area (Å²) in [6.45, 7) is 2.62. The molecule has 0 radical (unpaired) electrons. The van der Waals surface area contributed by atoms with Gasteiger partial charge in [0, 0.05) is 13.1 Å². The first kappa shape index (κ1) is 18.2. The number of carbonyl (C=O) groups excluding carboxylic acids is 1. The highest BCUT2D eigenvalue weighted by molar-refractivity contribution is 7.89. The fourth-order valence-corrected chi connectivity index (χ4v) is 3.34. The lowest BCUT2D eigenvalue weighted by Crippen LogP contribution is -2.27. The summed E-state index contributed by atoms with van der Waals surface area (Å²) in [7, 11) is -3.42. The summed E-state index contributed by atoms with van der Waals surface area (Å²) in [4.78, 5) is 12.1. The quantitative estimate of drug-likeness (QED) is 0.766. The molecular formula is C18H22N2O3S. The van der Waals surface area contributed by atoms with E-state index in [1.165, 1.54) is 0 Å². The minimum absolute atomic E-state index is 0.0208. The Morgan fingerprint density at radius 3 is 2.25 bits per heavy atom. The zero-order valence-electron chi connectivity index (χ0n) is 13.7. The molecule has 0 heterocycles. The summed E-state index contributed by atoms with van der Waals surface area (Å²) in [5, 5.41) is 2.88. The number of carbonyl (C=O) groups is 1. The Labute approximate surface area is 143 Å². The Morgan fingerprint density at radius 1 is 0.958 bits per heavy atom. The van der Waals surface area contributed by atoms with Gasteiger partial charge in [0.25, 0.3) is 0 Å². The van der Waals surface area contributed by atoms with Crippen LogP contribution in [0.25, 0.3) is 0 Å². The van der Waals surface area contributed by atoms with Gasteiger partial charge in [0.2, 0.25) is 15.9 Å². The lowest BCUT2D eigenvalue weighted by molar-refractivity contribution is -0.120. The Balaban J connectivity index is 1.81. The number of hydrogen-bond donors (Lipinski definition) is 2. The van der Waals surface area contributed by atoms with Gasteiger partial charge in [0.1, 0.15) is 0 Å². The first-order valence-electron chi connectivity index (χ1n) is 7.90. The molecule has 0 saturated carbocycles. The van der Waals surface area contributed by atoms with Crippen molar-refractivity contribution in [3.8, 4) is 0 Å². The van der Waals surface area contributed by atoms with Crippen LogP contribution in [0, 0.1) is 0 Å². The number of sulfonamides is 1. The van der Waals surface area contributed by atoms with Crippen molar-refractivity contribution in [3.05, 3.63) is 65.7 Å². The van der Waals surface area contributed by atoms with Crippen molar-refractivity contribution >= 4 is 15.9 Å². The third kappa shape index (κ3) is 5.47. The minimum Gasteiger partial charge on any atom is -0.355 e. The second kappa shape index (κ2) is 8.61. The van der Waals surface area contributed by atoms with Crippen LogP contribution in [0.2, 0.25) is 0 Å². The Kier molecular flexibility index (Phi) is 6.52. The Bertz CT molecular complexity index is 757. The largest absolute Gasteiger partial charge is 0.355 e. The van der Waals surface area contributed by atoms with Gasteiger partial charge in [-0.2, -0.15) is 0 Å². The van der Waals surface area contributed by atoms with Crippen molar-refractivity contribution in [1.82, 2.24) is 10.0 Å². The maximum absolute atomic E-state index is 11.9. The lowest BCUT2D eigenvalue weighted by Gasteiger charge is -2.07. The van der Waals surface area contributed by atoms with Crippen molar-refractivity contribution in [3.63, 3.8) is 0 Å². The number of amides is 1. The molecule has 24 heavy (non-hydrogen) atoms. The molecule has 5 nitrogen and oxygen atoms in total. The molecule has 2 aromatic carbocycles. The third-order valence-electron chi connectivity index (χ3n) is 3.51. The third-order valence-corrected chi connectivity index (χ3v) is 5.07. The van der Waals surface area contributed by atoms with Crippen molar-refractivity contribution in [1.29, 1.82) is 0 Å². The van der Waals surface area contributed by atoms with Gasteiger partial charge in [0.15, 0.2) is 0 Å². The molecule has 2 aromatic rings. The molecule has 0 fully saturated rings. The second-order valence-electron chi connectivity index (χ2n) is 5.41. The molecule has 128 valence electrons. The average Bonchev–Trinajstić information content (AvgIpc) is 2.56. The molecule has 0 saturated heterocycles. The predicted molar refractivity (Wildman–Crippen MR) is 94.2 cm³/mol. The Morgan fingerprint density at radius 2 is 1.62 bits per heavy atom. The van der Waals surface area contributed by atoms with Gasteiger partial charge < -0.3 is 5.32 Å². The van der Waals surface area contributed by atoms with Gasteiger partial charge in [-0.05, 0) is 29.7 Å². The summed E-state index contributed by atoms with van der Waals surface area (Å²) >= 11 is 0. The van der Waals surface area contributed by atoms with E-state index in [1.807, 2.05) is 30.3 Å². The zero-order valence-corrected chi connectivity index (χ0v) is 14.5. The summed E-state index contributed by atoms with van der Waals surface area (Å²) in [6, 6.07) is 16.3. The zero-order chi connectivity index (χ0) is 17.4. The highest BCUT2D eigenvalue weighted by Crippen LogP contribution is 2.10. The topological polar surface area (TPSA) is 75.3 Å². The summed E-state index contributed by atoms with van der Waals surface area (Å²) in [5.41, 5.74) is 1.96. The molecule has 1 amide bonds. The smallest absolute Gasteiger partial charge is 0.240 e. The maximum Gasteiger partial charge on any atom is 0.240 e. The molecule has 0 aliphatic rings. The Hall–Kier alpha value is -2.18. The van der Waals surface area contributed by atoms with E-state index in [-0.39, 0.29) is 10.8 Å². The van der Waals surface area contributed by atoms with Crippen molar-refractivity contribution < 1.29 is 13.2 Å². The van der Waals surface area contributed by atoms with E-state index >= 15 is 0 Å². The summed E-state index contributed by atoms with van der Waals surface area (Å²) in [5.74, 6) is -0.0208. The molecule has 0 atom stereocenters. The van der Waals surface area contributed by atoms with E-state index in [1.54, 1.807) is 31.2 Å². The minimum atomic E-state index is -3.42. The van der Waals surface area contributed by atoms with E-state index in [2.05, 4.69) is 10.0 Å². The van der Waals surface area contributed by atoms with E-state index < -0.39 is 10.0 Å². The highest BCUT2D eigenvalue weighted by atomic mass is 32.2. The van der Waals surface area contributed by atoms with Crippen LogP contribution in [0.15, 0.2) is 59.5 Å². The van der Waals surface area contributed by atoms with Crippen LogP contribution in [-0.2, 0) is 27.7 Å². The van der Waals surface area contributed by atoms with E-state index in [0.29, 0.717) is 25.9 Å². The fraction of sp³-hybridized carbons (Fsp3) is 0.278. The van der Waals surface area contributed by atoms with Gasteiger partial charge in [-0.25, -0.2) is 13.1 Å². The van der Waals surface area contributed by atoms with Gasteiger partial charge in [-0.15, -0.1) is 0 Å². The van der Waals surface area contributed by atoms with Gasteiger partial charge in [-0.3, -0.25) is 4.79 Å². The molecule has 0 unspecified atom stereocenters. The summed E-state index contributed by atoms with van der Waals surface area (Å²) in [6.07, 6.45) is 1.02. The van der Waals surface area contributed by atoms with Crippen LogP contribution in [-0.4, -0.2) is 27.4 Å². The van der Waals surface area contributed by atoms with E-state index in [4.69, 9.17) is 0 Å². The van der Waals surface area contributed by atoms with Crippen LogP contribution in [0.5, 0.6) is 0 Å². The molecule has 0 bridgehead atoms. The summed E-state index contributed by atoms with van der Waals surface area (Å²) < 4.78 is 26.2. The van der Waals surface area contributed by atoms with Crippen molar-refractivity contribution in [2.75, 3.05) is 13.1 Å². The number of nitrogens with one attached hydrogen (secondary N) is 2. The van der Waals surface area contributed by atoms with Gasteiger partial charge >= 0.3 is 0 Å². The molecule has 0 aliphatic heterocycles. The molecule has 2 rings (SSSR count). The first-order valence-corrected chi connectivity index (χ1v) is 9.39. The van der Waals surface area contributed by atoms with Gasteiger partial charge in [-0.1, -0.05) is 49.4 Å². The van der Waals surface area contributed by atoms with Crippen LogP contribution in [0.4, 0.5) is 0 Å². The molecular weight excluding hydrogens is 324 g/mol. The lowest BCUT2D eigenvalue weighted by atomic mass is 10.1. The van der Waals surface area contributed by atoms with Crippen LogP contribution < -0.4 is 10.0 Å². The number of benzene rings is 2. The monoisotopic (exact) mass is 346 g/mol. The highest BCUT2D eigenvalue weighted by Gasteiger charge is 2.11. The normalized spacial score (nSPS) is 11.2. The van der Waals surface area contributed by atoms with E-state index in [0.717, 1.165) is 11.1 Å². The molecule has 0 aliphatic carbocycles. The predicted octanol–water partition coefficient (Wildman–Crippen LogP) is 1.89. The van der Waals surface area contributed by atoms with Gasteiger partial charge in [0.05, 0.1) is 11.3 Å². The maximum atomic E-state index is 11.9. The SMILES string of the molecule is CCNS(=O)(=O)c1ccc(CCNC(=O)Cc2ccccc2)cc1.